The van der Waals surface area contributed by atoms with Crippen LogP contribution in [-0.4, -0.2) is 29.0 Å². The van der Waals surface area contributed by atoms with Crippen molar-refractivity contribution in [2.45, 2.75) is 13.8 Å². The standard InChI is InChI=1S/C26H23ClN4O4/c1-3-35-21-11-9-20(10-12-21)29-25(33)26(34)30-31-22-13-6-18(27)14-17(22)15-23(31)24(32)28-19-7-4-16(2)5-8-19/h4-15H,3H2,1-2H3,(H,28,32)(H,29,33)(H,30,34). The number of nitrogens with zero attached hydrogens (tertiary/aromatic N) is 1. The lowest BCUT2D eigenvalue weighted by molar-refractivity contribution is -0.133. The summed E-state index contributed by atoms with van der Waals surface area (Å²) in [4.78, 5) is 38.4. The summed E-state index contributed by atoms with van der Waals surface area (Å²) in [5.74, 6) is -1.66. The van der Waals surface area contributed by atoms with Crippen molar-refractivity contribution < 1.29 is 19.1 Å². The molecule has 178 valence electrons. The van der Waals surface area contributed by atoms with Crippen molar-refractivity contribution in [1.82, 2.24) is 4.68 Å². The first-order chi connectivity index (χ1) is 16.8. The van der Waals surface area contributed by atoms with E-state index in [-0.39, 0.29) is 5.69 Å². The van der Waals surface area contributed by atoms with Gasteiger partial charge in [0, 0.05) is 21.8 Å². The number of carbonyl (C=O) groups is 3. The molecular weight excluding hydrogens is 468 g/mol. The maximum absolute atomic E-state index is 13.1. The predicted molar refractivity (Wildman–Crippen MR) is 137 cm³/mol. The molecule has 1 heterocycles. The van der Waals surface area contributed by atoms with Gasteiger partial charge in [-0.15, -0.1) is 0 Å². The summed E-state index contributed by atoms with van der Waals surface area (Å²) in [6, 6.07) is 20.5. The zero-order valence-corrected chi connectivity index (χ0v) is 19.8. The third-order valence-corrected chi connectivity index (χ3v) is 5.38. The van der Waals surface area contributed by atoms with Crippen molar-refractivity contribution >= 4 is 51.6 Å². The fraction of sp³-hybridized carbons (Fsp3) is 0.115. The van der Waals surface area contributed by atoms with E-state index in [1.54, 1.807) is 60.7 Å². The van der Waals surface area contributed by atoms with Gasteiger partial charge in [0.1, 0.15) is 11.4 Å². The van der Waals surface area contributed by atoms with Crippen molar-refractivity contribution in [1.29, 1.82) is 0 Å². The summed E-state index contributed by atoms with van der Waals surface area (Å²) in [6.07, 6.45) is 0. The zero-order chi connectivity index (χ0) is 24.9. The minimum Gasteiger partial charge on any atom is -0.494 e. The van der Waals surface area contributed by atoms with Crippen molar-refractivity contribution in [3.8, 4) is 5.75 Å². The largest absolute Gasteiger partial charge is 0.494 e. The first-order valence-electron chi connectivity index (χ1n) is 10.9. The van der Waals surface area contributed by atoms with Gasteiger partial charge in [0.25, 0.3) is 5.91 Å². The number of amides is 3. The van der Waals surface area contributed by atoms with Crippen LogP contribution < -0.4 is 20.8 Å². The third-order valence-electron chi connectivity index (χ3n) is 5.15. The van der Waals surface area contributed by atoms with Crippen LogP contribution in [0, 0.1) is 6.92 Å². The topological polar surface area (TPSA) is 101 Å². The van der Waals surface area contributed by atoms with Crippen LogP contribution in [0.3, 0.4) is 0 Å². The molecule has 3 N–H and O–H groups in total. The number of ether oxygens (including phenoxy) is 1. The molecular formula is C26H23ClN4O4. The Morgan fingerprint density at radius 2 is 1.51 bits per heavy atom. The highest BCUT2D eigenvalue weighted by Crippen LogP contribution is 2.24. The van der Waals surface area contributed by atoms with E-state index in [0.29, 0.717) is 39.7 Å². The number of rotatable bonds is 6. The highest BCUT2D eigenvalue weighted by Gasteiger charge is 2.21. The Balaban J connectivity index is 1.57. The van der Waals surface area contributed by atoms with Gasteiger partial charge in [0.05, 0.1) is 12.1 Å². The van der Waals surface area contributed by atoms with Gasteiger partial charge in [-0.05, 0) is 74.5 Å². The number of aromatic nitrogens is 1. The highest BCUT2D eigenvalue weighted by molar-refractivity contribution is 6.42. The van der Waals surface area contributed by atoms with Gasteiger partial charge < -0.3 is 15.4 Å². The lowest BCUT2D eigenvalue weighted by atomic mass is 10.2. The minimum atomic E-state index is -0.948. The van der Waals surface area contributed by atoms with Gasteiger partial charge in [0.15, 0.2) is 0 Å². The summed E-state index contributed by atoms with van der Waals surface area (Å²) in [5, 5.41) is 6.43. The van der Waals surface area contributed by atoms with Crippen molar-refractivity contribution in [3.63, 3.8) is 0 Å². The van der Waals surface area contributed by atoms with Crippen molar-refractivity contribution in [2.24, 2.45) is 0 Å². The summed E-state index contributed by atoms with van der Waals surface area (Å²) in [7, 11) is 0. The van der Waals surface area contributed by atoms with Crippen LogP contribution in [0.15, 0.2) is 72.8 Å². The number of fused-ring (bicyclic) bond motifs is 1. The van der Waals surface area contributed by atoms with E-state index in [0.717, 1.165) is 5.56 Å². The molecule has 0 aliphatic carbocycles. The monoisotopic (exact) mass is 490 g/mol. The number of anilines is 2. The Labute approximate surface area is 206 Å². The van der Waals surface area contributed by atoms with E-state index in [2.05, 4.69) is 16.1 Å². The van der Waals surface area contributed by atoms with Crippen LogP contribution >= 0.6 is 11.6 Å². The molecule has 9 heteroatoms. The van der Waals surface area contributed by atoms with Crippen LogP contribution in [0.4, 0.5) is 11.4 Å². The number of halogens is 1. The Morgan fingerprint density at radius 3 is 2.20 bits per heavy atom. The van der Waals surface area contributed by atoms with Crippen LogP contribution in [0.5, 0.6) is 5.75 Å². The maximum Gasteiger partial charge on any atom is 0.328 e. The number of hydrogen-bond donors (Lipinski definition) is 3. The van der Waals surface area contributed by atoms with Crippen LogP contribution in [0.1, 0.15) is 23.0 Å². The third kappa shape index (κ3) is 5.62. The summed E-state index contributed by atoms with van der Waals surface area (Å²) in [5.41, 5.74) is 5.22. The van der Waals surface area contributed by atoms with Crippen LogP contribution in [0.2, 0.25) is 5.02 Å². The second-order valence-corrected chi connectivity index (χ2v) is 8.18. The molecule has 0 saturated carbocycles. The molecule has 4 rings (SSSR count). The molecule has 0 saturated heterocycles. The van der Waals surface area contributed by atoms with Gasteiger partial charge in [0.2, 0.25) is 0 Å². The molecule has 0 fully saturated rings. The molecule has 0 radical (unpaired) electrons. The summed E-state index contributed by atoms with van der Waals surface area (Å²) < 4.78 is 6.65. The molecule has 0 bridgehead atoms. The first kappa shape index (κ1) is 23.8. The number of nitrogens with one attached hydrogen (secondary N) is 3. The van der Waals surface area contributed by atoms with Crippen molar-refractivity contribution in [2.75, 3.05) is 22.7 Å². The lowest BCUT2D eigenvalue weighted by Crippen LogP contribution is -2.36. The average Bonchev–Trinajstić information content (AvgIpc) is 3.19. The van der Waals surface area contributed by atoms with E-state index in [1.807, 2.05) is 26.0 Å². The zero-order valence-electron chi connectivity index (χ0n) is 19.1. The summed E-state index contributed by atoms with van der Waals surface area (Å²) in [6.45, 7) is 4.33. The van der Waals surface area contributed by atoms with Gasteiger partial charge in [-0.3, -0.25) is 19.8 Å². The summed E-state index contributed by atoms with van der Waals surface area (Å²) >= 11 is 6.11. The number of carbonyl (C=O) groups excluding carboxylic acids is 3. The average molecular weight is 491 g/mol. The number of hydrogen-bond acceptors (Lipinski definition) is 4. The highest BCUT2D eigenvalue weighted by atomic mass is 35.5. The minimum absolute atomic E-state index is 0.130. The molecule has 8 nitrogen and oxygen atoms in total. The molecule has 0 atom stereocenters. The lowest BCUT2D eigenvalue weighted by Gasteiger charge is -2.13. The molecule has 0 spiro atoms. The van der Waals surface area contributed by atoms with E-state index in [1.165, 1.54) is 4.68 Å². The fourth-order valence-corrected chi connectivity index (χ4v) is 3.63. The second kappa shape index (κ2) is 10.3. The molecule has 4 aromatic rings. The number of benzene rings is 3. The molecule has 3 amide bonds. The van der Waals surface area contributed by atoms with Gasteiger partial charge in [-0.25, -0.2) is 4.68 Å². The van der Waals surface area contributed by atoms with E-state index < -0.39 is 17.7 Å². The molecule has 0 aliphatic heterocycles. The van der Waals surface area contributed by atoms with Crippen molar-refractivity contribution in [3.05, 3.63) is 89.1 Å². The quantitative estimate of drug-likeness (QED) is 0.332. The Hall–Kier alpha value is -4.30. The predicted octanol–water partition coefficient (Wildman–Crippen LogP) is 4.96. The normalized spacial score (nSPS) is 10.6. The van der Waals surface area contributed by atoms with Gasteiger partial charge in [-0.1, -0.05) is 29.3 Å². The van der Waals surface area contributed by atoms with E-state index in [9.17, 15) is 14.4 Å². The maximum atomic E-state index is 13.1. The molecule has 35 heavy (non-hydrogen) atoms. The molecule has 0 aliphatic rings. The first-order valence-corrected chi connectivity index (χ1v) is 11.3. The Bertz CT molecular complexity index is 1400. The van der Waals surface area contributed by atoms with Crippen LogP contribution in [-0.2, 0) is 9.59 Å². The molecule has 1 aromatic heterocycles. The molecule has 0 unspecified atom stereocenters. The second-order valence-electron chi connectivity index (χ2n) is 7.74. The number of aryl methyl sites for hydroxylation is 1. The van der Waals surface area contributed by atoms with Gasteiger partial charge >= 0.3 is 11.8 Å². The Kier molecular flexibility index (Phi) is 7.03. The smallest absolute Gasteiger partial charge is 0.328 e. The van der Waals surface area contributed by atoms with Gasteiger partial charge in [-0.2, -0.15) is 0 Å². The SMILES string of the molecule is CCOc1ccc(NC(=O)C(=O)Nn2c(C(=O)Nc3ccc(C)cc3)cc3cc(Cl)ccc32)cc1. The van der Waals surface area contributed by atoms with E-state index >= 15 is 0 Å². The van der Waals surface area contributed by atoms with Crippen LogP contribution in [0.25, 0.3) is 10.9 Å². The Morgan fingerprint density at radius 1 is 0.857 bits per heavy atom. The van der Waals surface area contributed by atoms with E-state index in [4.69, 9.17) is 16.3 Å². The fourth-order valence-electron chi connectivity index (χ4n) is 3.45. The molecule has 3 aromatic carbocycles.